The van der Waals surface area contributed by atoms with Gasteiger partial charge in [-0.2, -0.15) is 0 Å². The Morgan fingerprint density at radius 3 is 0.843 bits per heavy atom. The van der Waals surface area contributed by atoms with E-state index in [2.05, 4.69) is 149 Å². The maximum atomic E-state index is 13.1. The lowest BCUT2D eigenvalue weighted by Crippen LogP contribution is -2.30. The second-order valence-corrected chi connectivity index (χ2v) is 28.8. The van der Waals surface area contributed by atoms with E-state index in [0.717, 1.165) is 154 Å². The summed E-state index contributed by atoms with van der Waals surface area (Å²) in [7, 11) is -9.98. The van der Waals surface area contributed by atoms with Gasteiger partial charge in [-0.3, -0.25) is 37.3 Å². The van der Waals surface area contributed by atoms with E-state index in [0.29, 0.717) is 32.1 Å². The second-order valence-electron chi connectivity index (χ2n) is 25.9. The predicted molar refractivity (Wildman–Crippen MR) is 418 cm³/mol. The molecule has 5 atom stereocenters. The Bertz CT molecular complexity index is 2460. The molecule has 19 heteroatoms. The van der Waals surface area contributed by atoms with Crippen LogP contribution in [0.15, 0.2) is 134 Å². The number of phosphoric ester groups is 2. The first-order chi connectivity index (χ1) is 49.7. The largest absolute Gasteiger partial charge is 0.472 e. The number of hydrogen-bond donors (Lipinski definition) is 3. The highest BCUT2D eigenvalue weighted by Crippen LogP contribution is 2.45. The smallest absolute Gasteiger partial charge is 0.462 e. The molecular formula is C83H140O17P2. The van der Waals surface area contributed by atoms with Crippen molar-refractivity contribution in [3.05, 3.63) is 134 Å². The molecule has 0 aliphatic rings. The lowest BCUT2D eigenvalue weighted by Gasteiger charge is -2.21. The van der Waals surface area contributed by atoms with Crippen LogP contribution in [0.2, 0.25) is 0 Å². The summed E-state index contributed by atoms with van der Waals surface area (Å²) in [5.74, 6) is -2.28. The van der Waals surface area contributed by atoms with Crippen molar-refractivity contribution in [2.75, 3.05) is 39.6 Å². The number of aliphatic hydroxyl groups is 1. The zero-order valence-corrected chi connectivity index (χ0v) is 65.5. The number of unbranched alkanes of at least 4 members (excludes halogenated alkanes) is 25. The molecule has 0 bridgehead atoms. The summed E-state index contributed by atoms with van der Waals surface area (Å²) >= 11 is 0. The molecule has 0 saturated heterocycles. The van der Waals surface area contributed by atoms with Crippen LogP contribution in [0.4, 0.5) is 0 Å². The normalized spacial score (nSPS) is 14.6. The average molecular weight is 1470 g/mol. The fourth-order valence-electron chi connectivity index (χ4n) is 10.2. The van der Waals surface area contributed by atoms with Gasteiger partial charge >= 0.3 is 39.5 Å². The third-order valence-corrected chi connectivity index (χ3v) is 18.0. The Morgan fingerprint density at radius 2 is 0.520 bits per heavy atom. The first-order valence-electron chi connectivity index (χ1n) is 39.4. The molecule has 3 N–H and O–H groups in total. The van der Waals surface area contributed by atoms with Gasteiger partial charge in [-0.05, 0) is 135 Å². The number of ether oxygens (including phenoxy) is 4. The average Bonchev–Trinajstić information content (AvgIpc) is 0.908. The molecule has 0 saturated carbocycles. The van der Waals surface area contributed by atoms with Gasteiger partial charge in [0.1, 0.15) is 19.3 Å². The van der Waals surface area contributed by atoms with Gasteiger partial charge in [0.2, 0.25) is 0 Å². The van der Waals surface area contributed by atoms with Gasteiger partial charge in [0.05, 0.1) is 26.4 Å². The summed E-state index contributed by atoms with van der Waals surface area (Å²) in [5, 5.41) is 10.6. The second kappa shape index (κ2) is 74.5. The van der Waals surface area contributed by atoms with Crippen molar-refractivity contribution in [1.29, 1.82) is 0 Å². The molecule has 0 spiro atoms. The molecule has 584 valence electrons. The minimum absolute atomic E-state index is 0.0695. The standard InChI is InChI=1S/C83H140O17P2/c1-5-9-13-17-21-25-29-33-36-38-41-44-47-51-55-59-63-67-80(85)93-73-78(99-82(87)69-65-61-57-53-49-43-32-28-24-20-16-12-8-4)75-97-101(89,90)95-71-77(84)72-96-102(91,92)98-76-79(100-83(88)70-66-62-58-54-50-46-40-35-31-27-23-19-15-11-7-3)74-94-81(86)68-64-60-56-52-48-45-42-39-37-34-30-26-22-18-14-10-6-2/h9-10,13-14,21-23,25-27,33-37,40-42,44-45,51,55,77-79,84H,5-8,11-12,15-20,24,28-32,38-39,43,46-50,52-54,56-76H2,1-4H3,(H,89,90)(H,91,92)/b13-9-,14-10-,25-21-,26-22-,27-23-,36-33-,37-34-,40-35-,44-41-,45-42-,55-51-. The van der Waals surface area contributed by atoms with Crippen LogP contribution in [0.5, 0.6) is 0 Å². The van der Waals surface area contributed by atoms with Crippen LogP contribution in [-0.2, 0) is 65.4 Å². The van der Waals surface area contributed by atoms with Crippen molar-refractivity contribution in [3.8, 4) is 0 Å². The third-order valence-electron chi connectivity index (χ3n) is 16.1. The minimum Gasteiger partial charge on any atom is -0.462 e. The van der Waals surface area contributed by atoms with E-state index in [1.807, 2.05) is 12.2 Å². The number of allylic oxidation sites excluding steroid dienone is 22. The Kier molecular flexibility index (Phi) is 71.0. The Hall–Kier alpha value is -4.80. The summed E-state index contributed by atoms with van der Waals surface area (Å²) in [6.45, 7) is 4.52. The molecule has 0 radical (unpaired) electrons. The molecule has 0 aliphatic heterocycles. The number of esters is 4. The zero-order valence-electron chi connectivity index (χ0n) is 63.7. The lowest BCUT2D eigenvalue weighted by atomic mass is 10.0. The van der Waals surface area contributed by atoms with Crippen LogP contribution >= 0.6 is 15.6 Å². The number of hydrogen-bond acceptors (Lipinski definition) is 15. The summed E-state index contributed by atoms with van der Waals surface area (Å²) < 4.78 is 68.5. The molecular weight excluding hydrogens is 1330 g/mol. The van der Waals surface area contributed by atoms with Gasteiger partial charge in [0.25, 0.3) is 0 Å². The summed E-state index contributed by atoms with van der Waals surface area (Å²) in [5.41, 5.74) is 0. The Labute approximate surface area is 618 Å². The van der Waals surface area contributed by atoms with E-state index in [9.17, 15) is 43.2 Å². The van der Waals surface area contributed by atoms with Crippen molar-refractivity contribution in [2.45, 2.75) is 329 Å². The molecule has 0 aromatic rings. The van der Waals surface area contributed by atoms with Gasteiger partial charge in [-0.25, -0.2) is 9.13 Å². The maximum absolute atomic E-state index is 13.1. The topological polar surface area (TPSA) is 237 Å². The first kappa shape index (κ1) is 97.2. The van der Waals surface area contributed by atoms with Crippen LogP contribution in [0.3, 0.4) is 0 Å². The van der Waals surface area contributed by atoms with E-state index < -0.39 is 97.5 Å². The van der Waals surface area contributed by atoms with E-state index in [4.69, 9.17) is 37.0 Å². The van der Waals surface area contributed by atoms with Crippen LogP contribution in [-0.4, -0.2) is 96.7 Å². The van der Waals surface area contributed by atoms with E-state index >= 15 is 0 Å². The molecule has 0 aromatic heterocycles. The first-order valence-corrected chi connectivity index (χ1v) is 42.4. The number of rotatable bonds is 73. The predicted octanol–water partition coefficient (Wildman–Crippen LogP) is 22.9. The molecule has 0 amide bonds. The maximum Gasteiger partial charge on any atom is 0.472 e. The van der Waals surface area contributed by atoms with Gasteiger partial charge in [-0.1, -0.05) is 283 Å². The van der Waals surface area contributed by atoms with E-state index in [1.54, 1.807) is 0 Å². The summed E-state index contributed by atoms with van der Waals surface area (Å²) in [6.07, 6.45) is 82.9. The number of phosphoric acid groups is 2. The SMILES string of the molecule is CC/C=C\C/C=C\C/C=C\C/C=C\C/C=C\CCCC(=O)OCC(COP(=O)(O)OCC(O)COP(=O)(O)OCC(COC(=O)CCCCCC/C=C\C/C=C\C/C=C\C/C=C\CC)OC(=O)CCCCCCC/C=C\C/C=C\CCCCC)OC(=O)CCCCCCCCCCCCCCC. The lowest BCUT2D eigenvalue weighted by molar-refractivity contribution is -0.161. The molecule has 0 heterocycles. The fourth-order valence-corrected chi connectivity index (χ4v) is 11.7. The summed E-state index contributed by atoms with van der Waals surface area (Å²) in [6, 6.07) is 0. The van der Waals surface area contributed by atoms with Gasteiger partial charge in [0, 0.05) is 25.7 Å². The molecule has 0 fully saturated rings. The van der Waals surface area contributed by atoms with Crippen molar-refractivity contribution in [3.63, 3.8) is 0 Å². The van der Waals surface area contributed by atoms with Crippen LogP contribution in [0.1, 0.15) is 310 Å². The number of carbonyl (C=O) groups is 4. The van der Waals surface area contributed by atoms with Crippen molar-refractivity contribution < 1.29 is 80.2 Å². The van der Waals surface area contributed by atoms with Crippen molar-refractivity contribution >= 4 is 39.5 Å². The van der Waals surface area contributed by atoms with E-state index in [-0.39, 0.29) is 25.7 Å². The van der Waals surface area contributed by atoms with Crippen molar-refractivity contribution in [2.24, 2.45) is 0 Å². The van der Waals surface area contributed by atoms with Crippen LogP contribution in [0.25, 0.3) is 0 Å². The molecule has 0 aromatic carbocycles. The minimum atomic E-state index is -4.99. The third kappa shape index (κ3) is 73.5. The summed E-state index contributed by atoms with van der Waals surface area (Å²) in [4.78, 5) is 73.0. The molecule has 102 heavy (non-hydrogen) atoms. The number of aliphatic hydroxyl groups excluding tert-OH is 1. The molecule has 0 rings (SSSR count). The van der Waals surface area contributed by atoms with E-state index in [1.165, 1.54) is 70.6 Å². The molecule has 0 aliphatic carbocycles. The molecule has 17 nitrogen and oxygen atoms in total. The van der Waals surface area contributed by atoms with Gasteiger partial charge < -0.3 is 33.8 Å². The van der Waals surface area contributed by atoms with Gasteiger partial charge in [-0.15, -0.1) is 0 Å². The quantitative estimate of drug-likeness (QED) is 0.0169. The monoisotopic (exact) mass is 1470 g/mol. The van der Waals surface area contributed by atoms with Gasteiger partial charge in [0.15, 0.2) is 12.2 Å². The van der Waals surface area contributed by atoms with Crippen LogP contribution in [0, 0.1) is 0 Å². The fraction of sp³-hybridized carbons (Fsp3) is 0.687. The Morgan fingerprint density at radius 1 is 0.284 bits per heavy atom. The van der Waals surface area contributed by atoms with Crippen LogP contribution < -0.4 is 0 Å². The molecule has 5 unspecified atom stereocenters. The number of carbonyl (C=O) groups excluding carboxylic acids is 4. The Balaban J connectivity index is 5.43. The highest BCUT2D eigenvalue weighted by molar-refractivity contribution is 7.47. The highest BCUT2D eigenvalue weighted by atomic mass is 31.2. The highest BCUT2D eigenvalue weighted by Gasteiger charge is 2.30. The van der Waals surface area contributed by atoms with Crippen molar-refractivity contribution in [1.82, 2.24) is 0 Å². The zero-order chi connectivity index (χ0) is 74.6.